The van der Waals surface area contributed by atoms with Crippen LogP contribution < -0.4 is 0 Å². The molecule has 0 aromatic carbocycles. The van der Waals surface area contributed by atoms with Crippen molar-refractivity contribution < 1.29 is 28.6 Å². The lowest BCUT2D eigenvalue weighted by Gasteiger charge is -2.18. The Kier molecular flexibility index (Phi) is 63.5. The van der Waals surface area contributed by atoms with E-state index in [1.807, 2.05) is 0 Å². The molecule has 458 valence electrons. The Bertz CT molecular complexity index is 1920. The molecule has 0 bridgehead atoms. The van der Waals surface area contributed by atoms with Crippen molar-refractivity contribution in [3.05, 3.63) is 182 Å². The molecule has 0 rings (SSSR count). The molecule has 0 amide bonds. The first-order valence-electron chi connectivity index (χ1n) is 32.8. The van der Waals surface area contributed by atoms with Crippen LogP contribution in [0.3, 0.4) is 0 Å². The van der Waals surface area contributed by atoms with Crippen LogP contribution in [-0.2, 0) is 28.6 Å². The number of allylic oxidation sites excluding steroid dienone is 30. The molecule has 0 saturated carbocycles. The van der Waals surface area contributed by atoms with E-state index in [0.717, 1.165) is 180 Å². The van der Waals surface area contributed by atoms with Gasteiger partial charge in [-0.3, -0.25) is 14.4 Å². The molecular formula is C76H118O6. The molecule has 1 atom stereocenters. The van der Waals surface area contributed by atoms with Gasteiger partial charge in [-0.15, -0.1) is 0 Å². The summed E-state index contributed by atoms with van der Waals surface area (Å²) in [5.41, 5.74) is 0. The van der Waals surface area contributed by atoms with E-state index in [0.29, 0.717) is 12.8 Å². The summed E-state index contributed by atoms with van der Waals surface area (Å²) in [6.07, 6.45) is 102. The van der Waals surface area contributed by atoms with Crippen LogP contribution in [0.25, 0.3) is 0 Å². The molecular weight excluding hydrogens is 1010 g/mol. The lowest BCUT2D eigenvalue weighted by Crippen LogP contribution is -2.30. The van der Waals surface area contributed by atoms with E-state index in [2.05, 4.69) is 203 Å². The third-order valence-corrected chi connectivity index (χ3v) is 13.1. The molecule has 0 saturated heterocycles. The second-order valence-electron chi connectivity index (χ2n) is 20.9. The second-order valence-corrected chi connectivity index (χ2v) is 20.9. The Morgan fingerprint density at radius 1 is 0.256 bits per heavy atom. The fourth-order valence-electron chi connectivity index (χ4n) is 8.28. The number of unbranched alkanes of at least 4 members (excludes halogenated alkanes) is 16. The second kappa shape index (κ2) is 68.0. The largest absolute Gasteiger partial charge is 0.462 e. The Morgan fingerprint density at radius 2 is 0.476 bits per heavy atom. The highest BCUT2D eigenvalue weighted by Crippen LogP contribution is 2.13. The van der Waals surface area contributed by atoms with Crippen molar-refractivity contribution in [2.75, 3.05) is 13.2 Å². The van der Waals surface area contributed by atoms with E-state index in [1.54, 1.807) is 0 Å². The standard InChI is InChI=1S/C76H118O6/c1-4-7-10-13-16-19-22-25-28-31-33-35-36-37-38-39-40-42-43-45-48-51-54-57-60-63-66-69-75(78)81-72-73(71-80-74(77)68-65-62-59-56-53-50-47-30-27-24-21-18-15-12-9-6-3)82-76(79)70-67-64-61-58-55-52-49-46-44-41-34-32-29-26-23-20-17-14-11-8-5-2/h7-8,10-11,16-17,19-21,24-26,28-30,33-35,37-38,40-42,45-49,54,57,73H,4-6,9,12-15,18,22-23,27,31-32,36,39,43-44,50-53,55-56,58-72H2,1-3H3/b10-7-,11-8-,19-16-,20-17-,24-21-,28-25-,29-26-,35-33-,38-37-,41-34-,42-40-,47-30-,48-45-,49-46-,57-54-. The maximum atomic E-state index is 12.9. The van der Waals surface area contributed by atoms with Crippen molar-refractivity contribution in [3.8, 4) is 0 Å². The van der Waals surface area contributed by atoms with E-state index < -0.39 is 6.10 Å². The molecule has 6 nitrogen and oxygen atoms in total. The number of ether oxygens (including phenoxy) is 3. The van der Waals surface area contributed by atoms with Gasteiger partial charge in [0.15, 0.2) is 6.10 Å². The fourth-order valence-corrected chi connectivity index (χ4v) is 8.28. The van der Waals surface area contributed by atoms with Gasteiger partial charge in [-0.2, -0.15) is 0 Å². The normalized spacial score (nSPS) is 13.4. The Labute approximate surface area is 504 Å². The van der Waals surface area contributed by atoms with E-state index in [4.69, 9.17) is 14.2 Å². The first kappa shape index (κ1) is 76.5. The highest BCUT2D eigenvalue weighted by atomic mass is 16.6. The minimum absolute atomic E-state index is 0.116. The summed E-state index contributed by atoms with van der Waals surface area (Å²) in [6, 6.07) is 0. The van der Waals surface area contributed by atoms with Gasteiger partial charge in [-0.25, -0.2) is 0 Å². The van der Waals surface area contributed by atoms with E-state index in [9.17, 15) is 14.4 Å². The smallest absolute Gasteiger partial charge is 0.306 e. The van der Waals surface area contributed by atoms with E-state index >= 15 is 0 Å². The van der Waals surface area contributed by atoms with E-state index in [-0.39, 0.29) is 44.0 Å². The van der Waals surface area contributed by atoms with Gasteiger partial charge in [0.1, 0.15) is 13.2 Å². The third kappa shape index (κ3) is 65.3. The first-order chi connectivity index (χ1) is 40.5. The van der Waals surface area contributed by atoms with Crippen LogP contribution in [0.1, 0.15) is 258 Å². The number of rotatable bonds is 57. The third-order valence-electron chi connectivity index (χ3n) is 13.1. The molecule has 1 unspecified atom stereocenters. The lowest BCUT2D eigenvalue weighted by molar-refractivity contribution is -0.167. The van der Waals surface area contributed by atoms with Crippen LogP contribution in [0.15, 0.2) is 182 Å². The van der Waals surface area contributed by atoms with Crippen molar-refractivity contribution in [1.29, 1.82) is 0 Å². The molecule has 0 aliphatic carbocycles. The summed E-state index contributed by atoms with van der Waals surface area (Å²) in [5, 5.41) is 0. The zero-order valence-corrected chi connectivity index (χ0v) is 52.4. The van der Waals surface area contributed by atoms with Crippen molar-refractivity contribution >= 4 is 17.9 Å². The van der Waals surface area contributed by atoms with Crippen LogP contribution in [0.4, 0.5) is 0 Å². The summed E-state index contributed by atoms with van der Waals surface area (Å²) in [4.78, 5) is 38.4. The van der Waals surface area contributed by atoms with Gasteiger partial charge in [0.05, 0.1) is 0 Å². The number of hydrogen-bond acceptors (Lipinski definition) is 6. The Balaban J connectivity index is 4.55. The predicted octanol–water partition coefficient (Wildman–Crippen LogP) is 22.8. The molecule has 0 aromatic rings. The van der Waals surface area contributed by atoms with Crippen LogP contribution in [0, 0.1) is 0 Å². The highest BCUT2D eigenvalue weighted by Gasteiger charge is 2.19. The fraction of sp³-hybridized carbons (Fsp3) is 0.566. The minimum atomic E-state index is -0.825. The maximum Gasteiger partial charge on any atom is 0.306 e. The molecule has 82 heavy (non-hydrogen) atoms. The quantitative estimate of drug-likeness (QED) is 0.0261. The van der Waals surface area contributed by atoms with Gasteiger partial charge in [0, 0.05) is 19.3 Å². The average Bonchev–Trinajstić information content (AvgIpc) is 3.47. The molecule has 0 fully saturated rings. The summed E-state index contributed by atoms with van der Waals surface area (Å²) >= 11 is 0. The Morgan fingerprint density at radius 3 is 0.768 bits per heavy atom. The summed E-state index contributed by atoms with van der Waals surface area (Å²) in [7, 11) is 0. The monoisotopic (exact) mass is 1130 g/mol. The zero-order valence-electron chi connectivity index (χ0n) is 52.4. The van der Waals surface area contributed by atoms with Crippen molar-refractivity contribution in [2.45, 2.75) is 264 Å². The van der Waals surface area contributed by atoms with Crippen LogP contribution in [0.2, 0.25) is 0 Å². The average molecular weight is 1130 g/mol. The topological polar surface area (TPSA) is 78.9 Å². The van der Waals surface area contributed by atoms with Gasteiger partial charge >= 0.3 is 17.9 Å². The van der Waals surface area contributed by atoms with Crippen LogP contribution >= 0.6 is 0 Å². The molecule has 0 aliphatic rings. The maximum absolute atomic E-state index is 12.9. The van der Waals surface area contributed by atoms with Crippen molar-refractivity contribution in [2.24, 2.45) is 0 Å². The zero-order chi connectivity index (χ0) is 59.2. The summed E-state index contributed by atoms with van der Waals surface area (Å²) < 4.78 is 16.9. The van der Waals surface area contributed by atoms with Crippen LogP contribution in [0.5, 0.6) is 0 Å². The van der Waals surface area contributed by atoms with Gasteiger partial charge in [0.25, 0.3) is 0 Å². The van der Waals surface area contributed by atoms with Gasteiger partial charge in [-0.05, 0) is 161 Å². The van der Waals surface area contributed by atoms with Crippen molar-refractivity contribution in [1.82, 2.24) is 0 Å². The SMILES string of the molecule is CC/C=C\C/C=C\C/C=C\C/C=C\C/C=C\C/C=C\C/C=C\C/C=C\CCCCC(=O)OCC(COC(=O)CCCCCCC/C=C\C/C=C\CCCCCC)OC(=O)CCCCCCC/C=C\C/C=C\C/C=C\C/C=C\C/C=C\CC. The minimum Gasteiger partial charge on any atom is -0.462 e. The number of carbonyl (C=O) groups is 3. The lowest BCUT2D eigenvalue weighted by atomic mass is 10.1. The molecule has 0 spiro atoms. The van der Waals surface area contributed by atoms with Gasteiger partial charge in [-0.1, -0.05) is 261 Å². The first-order valence-corrected chi connectivity index (χ1v) is 32.8. The molecule has 0 aliphatic heterocycles. The molecule has 0 N–H and O–H groups in total. The predicted molar refractivity (Wildman–Crippen MR) is 357 cm³/mol. The summed E-state index contributed by atoms with van der Waals surface area (Å²) in [6.45, 7) is 6.32. The number of esters is 3. The Hall–Kier alpha value is -5.49. The highest BCUT2D eigenvalue weighted by molar-refractivity contribution is 5.71. The van der Waals surface area contributed by atoms with Crippen LogP contribution in [-0.4, -0.2) is 37.2 Å². The van der Waals surface area contributed by atoms with Crippen molar-refractivity contribution in [3.63, 3.8) is 0 Å². The van der Waals surface area contributed by atoms with Gasteiger partial charge in [0.2, 0.25) is 0 Å². The van der Waals surface area contributed by atoms with E-state index in [1.165, 1.54) is 32.1 Å². The number of carbonyl (C=O) groups excluding carboxylic acids is 3. The molecule has 0 aromatic heterocycles. The number of hydrogen-bond donors (Lipinski definition) is 0. The molecule has 0 radical (unpaired) electrons. The summed E-state index contributed by atoms with van der Waals surface area (Å²) in [5.74, 6) is -0.999. The molecule has 6 heteroatoms. The molecule has 0 heterocycles. The van der Waals surface area contributed by atoms with Gasteiger partial charge < -0.3 is 14.2 Å².